The lowest BCUT2D eigenvalue weighted by molar-refractivity contribution is 0.0700. The molecule has 96 valence electrons. The third-order valence-electron chi connectivity index (χ3n) is 4.60. The van der Waals surface area contributed by atoms with Gasteiger partial charge in [0.15, 0.2) is 0 Å². The molecule has 2 unspecified atom stereocenters. The van der Waals surface area contributed by atoms with Crippen molar-refractivity contribution in [3.8, 4) is 0 Å². The van der Waals surface area contributed by atoms with Crippen LogP contribution in [-0.4, -0.2) is 37.1 Å². The average Bonchev–Trinajstić information content (AvgIpc) is 2.20. The summed E-state index contributed by atoms with van der Waals surface area (Å²) in [4.78, 5) is 2.67. The van der Waals surface area contributed by atoms with Gasteiger partial charge in [-0.2, -0.15) is 0 Å². The first-order valence-corrected chi connectivity index (χ1v) is 6.78. The Morgan fingerprint density at radius 2 is 2.00 bits per heavy atom. The van der Waals surface area contributed by atoms with Gasteiger partial charge in [-0.1, -0.05) is 27.7 Å². The molecule has 2 heteroatoms. The molecule has 0 bridgehead atoms. The van der Waals surface area contributed by atoms with Crippen LogP contribution in [0.1, 0.15) is 47.5 Å². The topological polar surface area (TPSA) is 15.3 Å². The summed E-state index contributed by atoms with van der Waals surface area (Å²) in [5.41, 5.74) is 0.431. The first kappa shape index (κ1) is 14.0. The predicted molar refractivity (Wildman–Crippen MR) is 71.7 cm³/mol. The number of hydrogen-bond acceptors (Lipinski definition) is 2. The third kappa shape index (κ3) is 3.46. The van der Waals surface area contributed by atoms with E-state index in [-0.39, 0.29) is 0 Å². The Labute approximate surface area is 102 Å². The third-order valence-corrected chi connectivity index (χ3v) is 4.60. The smallest absolute Gasteiger partial charge is 0.00910 e. The number of likely N-dealkylation sites (tertiary alicyclic amines) is 1. The van der Waals surface area contributed by atoms with Crippen LogP contribution in [0.3, 0.4) is 0 Å². The van der Waals surface area contributed by atoms with E-state index in [1.165, 1.54) is 25.9 Å². The van der Waals surface area contributed by atoms with Crippen LogP contribution in [0.15, 0.2) is 0 Å². The van der Waals surface area contributed by atoms with E-state index in [9.17, 15) is 0 Å². The van der Waals surface area contributed by atoms with Crippen molar-refractivity contribution < 1.29 is 0 Å². The molecular weight excluding hydrogens is 196 g/mol. The SMILES string of the molecule is CNC1CCN(CC(C)(C)C(C)C)C(C)C1. The molecule has 0 aliphatic carbocycles. The summed E-state index contributed by atoms with van der Waals surface area (Å²) in [6.07, 6.45) is 2.60. The Morgan fingerprint density at radius 1 is 1.38 bits per heavy atom. The van der Waals surface area contributed by atoms with Gasteiger partial charge in [0.05, 0.1) is 0 Å². The minimum Gasteiger partial charge on any atom is -0.317 e. The minimum absolute atomic E-state index is 0.431. The van der Waals surface area contributed by atoms with Crippen molar-refractivity contribution in [2.24, 2.45) is 11.3 Å². The number of nitrogens with one attached hydrogen (secondary N) is 1. The summed E-state index contributed by atoms with van der Waals surface area (Å²) < 4.78 is 0. The Balaban J connectivity index is 2.50. The van der Waals surface area contributed by atoms with Gasteiger partial charge in [-0.15, -0.1) is 0 Å². The monoisotopic (exact) mass is 226 g/mol. The lowest BCUT2D eigenvalue weighted by Crippen LogP contribution is -2.50. The highest BCUT2D eigenvalue weighted by molar-refractivity contribution is 4.86. The molecule has 0 aromatic rings. The van der Waals surface area contributed by atoms with Gasteiger partial charge in [0.1, 0.15) is 0 Å². The molecule has 1 saturated heterocycles. The Kier molecular flexibility index (Phi) is 4.81. The van der Waals surface area contributed by atoms with Crippen LogP contribution in [-0.2, 0) is 0 Å². The highest BCUT2D eigenvalue weighted by Gasteiger charge is 2.30. The minimum atomic E-state index is 0.431. The highest BCUT2D eigenvalue weighted by atomic mass is 15.2. The molecular formula is C14H30N2. The van der Waals surface area contributed by atoms with Gasteiger partial charge in [0.2, 0.25) is 0 Å². The largest absolute Gasteiger partial charge is 0.317 e. The zero-order valence-corrected chi connectivity index (χ0v) is 12.0. The molecule has 2 nitrogen and oxygen atoms in total. The number of hydrogen-bond donors (Lipinski definition) is 1. The maximum absolute atomic E-state index is 3.41. The van der Waals surface area contributed by atoms with E-state index in [4.69, 9.17) is 0 Å². The van der Waals surface area contributed by atoms with Crippen LogP contribution in [0.2, 0.25) is 0 Å². The van der Waals surface area contributed by atoms with Crippen molar-refractivity contribution in [1.29, 1.82) is 0 Å². The van der Waals surface area contributed by atoms with Crippen molar-refractivity contribution in [1.82, 2.24) is 10.2 Å². The fourth-order valence-electron chi connectivity index (χ4n) is 2.42. The molecule has 2 atom stereocenters. The molecule has 0 spiro atoms. The van der Waals surface area contributed by atoms with E-state index < -0.39 is 0 Å². The van der Waals surface area contributed by atoms with E-state index in [1.54, 1.807) is 0 Å². The first-order valence-electron chi connectivity index (χ1n) is 6.78. The Morgan fingerprint density at radius 3 is 2.44 bits per heavy atom. The molecule has 16 heavy (non-hydrogen) atoms. The second-order valence-electron chi connectivity index (χ2n) is 6.47. The summed E-state index contributed by atoms with van der Waals surface area (Å²) in [6.45, 7) is 14.3. The molecule has 0 aromatic heterocycles. The van der Waals surface area contributed by atoms with Crippen molar-refractivity contribution in [3.63, 3.8) is 0 Å². The van der Waals surface area contributed by atoms with Gasteiger partial charge < -0.3 is 10.2 Å². The first-order chi connectivity index (χ1) is 7.36. The van der Waals surface area contributed by atoms with Crippen molar-refractivity contribution in [2.45, 2.75) is 59.5 Å². The zero-order chi connectivity index (χ0) is 12.3. The molecule has 1 N–H and O–H groups in total. The second-order valence-corrected chi connectivity index (χ2v) is 6.47. The maximum atomic E-state index is 3.41. The molecule has 0 amide bonds. The number of piperidine rings is 1. The van der Waals surface area contributed by atoms with Gasteiger partial charge in [0.25, 0.3) is 0 Å². The summed E-state index contributed by atoms with van der Waals surface area (Å²) in [7, 11) is 2.09. The van der Waals surface area contributed by atoms with Crippen molar-refractivity contribution in [2.75, 3.05) is 20.1 Å². The van der Waals surface area contributed by atoms with Crippen LogP contribution >= 0.6 is 0 Å². The summed E-state index contributed by atoms with van der Waals surface area (Å²) in [6, 6.07) is 1.46. The van der Waals surface area contributed by atoms with Crippen molar-refractivity contribution >= 4 is 0 Å². The standard InChI is InChI=1S/C14H30N2/c1-11(2)14(4,5)10-16-8-7-13(15-6)9-12(16)3/h11-13,15H,7-10H2,1-6H3. The fourth-order valence-corrected chi connectivity index (χ4v) is 2.42. The summed E-state index contributed by atoms with van der Waals surface area (Å²) in [5.74, 6) is 0.752. The number of nitrogens with zero attached hydrogens (tertiary/aromatic N) is 1. The lowest BCUT2D eigenvalue weighted by atomic mass is 9.80. The highest BCUT2D eigenvalue weighted by Crippen LogP contribution is 2.30. The van der Waals surface area contributed by atoms with Gasteiger partial charge in [-0.05, 0) is 44.7 Å². The van der Waals surface area contributed by atoms with E-state index in [2.05, 4.69) is 51.9 Å². The molecule has 1 aliphatic heterocycles. The fraction of sp³-hybridized carbons (Fsp3) is 1.00. The van der Waals surface area contributed by atoms with Crippen LogP contribution < -0.4 is 5.32 Å². The molecule has 1 aliphatic rings. The van der Waals surface area contributed by atoms with Gasteiger partial charge in [-0.3, -0.25) is 0 Å². The molecule has 0 aromatic carbocycles. The molecule has 1 fully saturated rings. The Bertz CT molecular complexity index is 211. The van der Waals surface area contributed by atoms with Crippen LogP contribution in [0.5, 0.6) is 0 Å². The van der Waals surface area contributed by atoms with E-state index in [0.717, 1.165) is 18.0 Å². The summed E-state index contributed by atoms with van der Waals surface area (Å²) in [5, 5.41) is 3.41. The second kappa shape index (κ2) is 5.50. The Hall–Kier alpha value is -0.0800. The average molecular weight is 226 g/mol. The van der Waals surface area contributed by atoms with Gasteiger partial charge >= 0.3 is 0 Å². The lowest BCUT2D eigenvalue weighted by Gasteiger charge is -2.43. The van der Waals surface area contributed by atoms with E-state index >= 15 is 0 Å². The number of rotatable bonds is 4. The van der Waals surface area contributed by atoms with Gasteiger partial charge in [-0.25, -0.2) is 0 Å². The van der Waals surface area contributed by atoms with E-state index in [0.29, 0.717) is 5.41 Å². The molecule has 1 rings (SSSR count). The molecule has 0 radical (unpaired) electrons. The normalized spacial score (nSPS) is 28.7. The van der Waals surface area contributed by atoms with Gasteiger partial charge in [0, 0.05) is 18.6 Å². The maximum Gasteiger partial charge on any atom is 0.00910 e. The molecule has 1 heterocycles. The zero-order valence-electron chi connectivity index (χ0n) is 12.0. The quantitative estimate of drug-likeness (QED) is 0.793. The van der Waals surface area contributed by atoms with E-state index in [1.807, 2.05) is 0 Å². The summed E-state index contributed by atoms with van der Waals surface area (Å²) >= 11 is 0. The van der Waals surface area contributed by atoms with Crippen molar-refractivity contribution in [3.05, 3.63) is 0 Å². The molecule has 0 saturated carbocycles. The van der Waals surface area contributed by atoms with Crippen LogP contribution in [0, 0.1) is 11.3 Å². The van der Waals surface area contributed by atoms with Crippen LogP contribution in [0.25, 0.3) is 0 Å². The predicted octanol–water partition coefficient (Wildman–Crippen LogP) is 2.74. The van der Waals surface area contributed by atoms with Crippen LogP contribution in [0.4, 0.5) is 0 Å².